The first-order valence-corrected chi connectivity index (χ1v) is 13.7. The average molecular weight is 533 g/mol. The van der Waals surface area contributed by atoms with E-state index in [-0.39, 0.29) is 24.5 Å². The first-order valence-electron chi connectivity index (χ1n) is 13.3. The van der Waals surface area contributed by atoms with Crippen molar-refractivity contribution in [2.75, 3.05) is 44.7 Å². The summed E-state index contributed by atoms with van der Waals surface area (Å²) in [7, 11) is 0. The monoisotopic (exact) mass is 532 g/mol. The molecule has 0 radical (unpaired) electrons. The number of rotatable bonds is 9. The van der Waals surface area contributed by atoms with Crippen LogP contribution in [0.3, 0.4) is 0 Å². The standard InChI is InChI=1S/C29H36N6O2S/c1-21-19-24(22(2)34(21)14-8-13-33-15-17-37-18-16-33)28-27(25-11-6-7-12-30-25)32-29(38)35(28)20-26(36)31-23-9-4-3-5-10-23/h3-7,9-12,19,27-28H,8,13-18,20H2,1-2H3,(H,31,36)(H,32,38)/t27-,28-/m1/s1. The van der Waals surface area contributed by atoms with Gasteiger partial charge in [0.1, 0.15) is 6.54 Å². The lowest BCUT2D eigenvalue weighted by Crippen LogP contribution is -2.37. The van der Waals surface area contributed by atoms with E-state index in [0.29, 0.717) is 5.11 Å². The van der Waals surface area contributed by atoms with E-state index in [0.717, 1.165) is 57.2 Å². The van der Waals surface area contributed by atoms with Gasteiger partial charge in [0.2, 0.25) is 5.91 Å². The molecule has 0 aliphatic carbocycles. The van der Waals surface area contributed by atoms with Gasteiger partial charge in [-0.25, -0.2) is 0 Å². The van der Waals surface area contributed by atoms with Crippen molar-refractivity contribution in [2.24, 2.45) is 0 Å². The van der Waals surface area contributed by atoms with E-state index in [1.54, 1.807) is 6.20 Å². The molecule has 0 spiro atoms. The molecule has 4 heterocycles. The van der Waals surface area contributed by atoms with Crippen LogP contribution < -0.4 is 10.6 Å². The number of carbonyl (C=O) groups is 1. The Morgan fingerprint density at radius 3 is 2.61 bits per heavy atom. The number of aromatic nitrogens is 2. The first kappa shape index (κ1) is 26.3. The predicted molar refractivity (Wildman–Crippen MR) is 153 cm³/mol. The molecule has 0 unspecified atom stereocenters. The van der Waals surface area contributed by atoms with Gasteiger partial charge in [-0.2, -0.15) is 0 Å². The number of amides is 1. The van der Waals surface area contributed by atoms with Crippen LogP contribution in [-0.4, -0.2) is 69.8 Å². The molecule has 5 rings (SSSR count). The van der Waals surface area contributed by atoms with E-state index in [4.69, 9.17) is 17.0 Å². The molecule has 8 nitrogen and oxygen atoms in total. The highest BCUT2D eigenvalue weighted by Crippen LogP contribution is 2.40. The van der Waals surface area contributed by atoms with Crippen molar-refractivity contribution in [3.8, 4) is 0 Å². The van der Waals surface area contributed by atoms with E-state index in [2.05, 4.69) is 45.0 Å². The minimum atomic E-state index is -0.157. The van der Waals surface area contributed by atoms with Gasteiger partial charge in [0.15, 0.2) is 5.11 Å². The Kier molecular flexibility index (Phi) is 8.36. The Bertz CT molecular complexity index is 1240. The number of benzene rings is 1. The molecule has 3 aromatic rings. The second-order valence-electron chi connectivity index (χ2n) is 9.95. The van der Waals surface area contributed by atoms with Gasteiger partial charge >= 0.3 is 0 Å². The lowest BCUT2D eigenvalue weighted by molar-refractivity contribution is -0.116. The van der Waals surface area contributed by atoms with Crippen LogP contribution >= 0.6 is 12.2 Å². The van der Waals surface area contributed by atoms with Crippen LogP contribution in [0.2, 0.25) is 0 Å². The number of nitrogens with one attached hydrogen (secondary N) is 2. The maximum absolute atomic E-state index is 13.1. The summed E-state index contributed by atoms with van der Waals surface area (Å²) >= 11 is 5.79. The summed E-state index contributed by atoms with van der Waals surface area (Å²) in [6, 6.07) is 17.4. The molecule has 0 saturated carbocycles. The van der Waals surface area contributed by atoms with Crippen molar-refractivity contribution in [3.63, 3.8) is 0 Å². The van der Waals surface area contributed by atoms with E-state index in [1.165, 1.54) is 17.0 Å². The topological polar surface area (TPSA) is 74.7 Å². The van der Waals surface area contributed by atoms with Gasteiger partial charge in [-0.05, 0) is 68.4 Å². The largest absolute Gasteiger partial charge is 0.379 e. The van der Waals surface area contributed by atoms with Gasteiger partial charge in [-0.3, -0.25) is 14.7 Å². The number of hydrogen-bond donors (Lipinski definition) is 2. The van der Waals surface area contributed by atoms with Crippen LogP contribution in [-0.2, 0) is 16.1 Å². The second-order valence-corrected chi connectivity index (χ2v) is 10.3. The molecule has 2 N–H and O–H groups in total. The zero-order chi connectivity index (χ0) is 26.5. The Morgan fingerprint density at radius 1 is 1.11 bits per heavy atom. The summed E-state index contributed by atoms with van der Waals surface area (Å²) in [6.07, 6.45) is 2.88. The fourth-order valence-electron chi connectivity index (χ4n) is 5.54. The third-order valence-electron chi connectivity index (χ3n) is 7.46. The van der Waals surface area contributed by atoms with Gasteiger partial charge in [-0.15, -0.1) is 0 Å². The van der Waals surface area contributed by atoms with Gasteiger partial charge < -0.3 is 24.8 Å². The number of para-hydroxylation sites is 1. The summed E-state index contributed by atoms with van der Waals surface area (Å²) in [4.78, 5) is 22.2. The molecule has 2 saturated heterocycles. The zero-order valence-electron chi connectivity index (χ0n) is 22.1. The number of hydrogen-bond acceptors (Lipinski definition) is 5. The Balaban J connectivity index is 1.39. The summed E-state index contributed by atoms with van der Waals surface area (Å²) in [5.74, 6) is -0.105. The lowest BCUT2D eigenvalue weighted by atomic mass is 9.96. The molecule has 38 heavy (non-hydrogen) atoms. The van der Waals surface area contributed by atoms with Crippen LogP contribution in [0, 0.1) is 13.8 Å². The van der Waals surface area contributed by atoms with Crippen molar-refractivity contribution in [2.45, 2.75) is 38.9 Å². The first-order chi connectivity index (χ1) is 18.5. The summed E-state index contributed by atoms with van der Waals surface area (Å²) in [5, 5.41) is 7.03. The fourth-order valence-corrected chi connectivity index (χ4v) is 5.84. The van der Waals surface area contributed by atoms with Crippen molar-refractivity contribution in [3.05, 3.63) is 83.4 Å². The normalized spacial score (nSPS) is 19.9. The van der Waals surface area contributed by atoms with Gasteiger partial charge in [0, 0.05) is 49.5 Å². The van der Waals surface area contributed by atoms with Gasteiger partial charge in [-0.1, -0.05) is 24.3 Å². The number of carbonyl (C=O) groups excluding carboxylic acids is 1. The van der Waals surface area contributed by atoms with Crippen LogP contribution in [0.15, 0.2) is 60.8 Å². The molecule has 200 valence electrons. The molecule has 2 aromatic heterocycles. The smallest absolute Gasteiger partial charge is 0.244 e. The molecule has 2 fully saturated rings. The maximum Gasteiger partial charge on any atom is 0.244 e. The SMILES string of the molecule is Cc1cc([C@@H]2[C@@H](c3ccccn3)NC(=S)N2CC(=O)Nc2ccccc2)c(C)n1CCCN1CCOCC1. The third-order valence-corrected chi connectivity index (χ3v) is 7.81. The quantitative estimate of drug-likeness (QED) is 0.406. The second kappa shape index (κ2) is 12.1. The predicted octanol–water partition coefficient (Wildman–Crippen LogP) is 3.83. The maximum atomic E-state index is 13.1. The van der Waals surface area contributed by atoms with Crippen molar-refractivity contribution in [1.29, 1.82) is 0 Å². The van der Waals surface area contributed by atoms with Crippen molar-refractivity contribution < 1.29 is 9.53 Å². The molecular formula is C29H36N6O2S. The van der Waals surface area contributed by atoms with Crippen molar-refractivity contribution in [1.82, 2.24) is 24.7 Å². The lowest BCUT2D eigenvalue weighted by Gasteiger charge is -2.28. The Morgan fingerprint density at radius 2 is 1.87 bits per heavy atom. The number of anilines is 1. The van der Waals surface area contributed by atoms with Crippen LogP contribution in [0.4, 0.5) is 5.69 Å². The molecule has 2 aliphatic rings. The summed E-state index contributed by atoms with van der Waals surface area (Å²) < 4.78 is 7.88. The number of nitrogens with zero attached hydrogens (tertiary/aromatic N) is 4. The Hall–Kier alpha value is -3.27. The van der Waals surface area contributed by atoms with Crippen LogP contribution in [0.25, 0.3) is 0 Å². The fraction of sp³-hybridized carbons (Fsp3) is 0.414. The molecule has 0 bridgehead atoms. The number of thiocarbonyl (C=S) groups is 1. The third kappa shape index (κ3) is 5.90. The number of morpholine rings is 1. The molecular weight excluding hydrogens is 496 g/mol. The highest BCUT2D eigenvalue weighted by atomic mass is 32.1. The van der Waals surface area contributed by atoms with Crippen molar-refractivity contribution >= 4 is 28.9 Å². The average Bonchev–Trinajstić information content (AvgIpc) is 3.40. The molecule has 1 amide bonds. The Labute approximate surface area is 230 Å². The zero-order valence-corrected chi connectivity index (χ0v) is 22.9. The summed E-state index contributed by atoms with van der Waals surface area (Å²) in [6.45, 7) is 10.2. The minimum Gasteiger partial charge on any atom is -0.379 e. The van der Waals surface area contributed by atoms with E-state index >= 15 is 0 Å². The molecule has 9 heteroatoms. The highest BCUT2D eigenvalue weighted by molar-refractivity contribution is 7.80. The molecule has 1 aromatic carbocycles. The van der Waals surface area contributed by atoms with E-state index < -0.39 is 0 Å². The van der Waals surface area contributed by atoms with Crippen LogP contribution in [0.1, 0.15) is 41.1 Å². The van der Waals surface area contributed by atoms with Gasteiger partial charge in [0.25, 0.3) is 0 Å². The van der Waals surface area contributed by atoms with E-state index in [9.17, 15) is 4.79 Å². The number of aryl methyl sites for hydroxylation is 1. The van der Waals surface area contributed by atoms with Crippen LogP contribution in [0.5, 0.6) is 0 Å². The minimum absolute atomic E-state index is 0.105. The molecule has 2 atom stereocenters. The number of ether oxygens (including phenoxy) is 1. The number of pyridine rings is 1. The van der Waals surface area contributed by atoms with Gasteiger partial charge in [0.05, 0.1) is 31.0 Å². The summed E-state index contributed by atoms with van der Waals surface area (Å²) in [5.41, 5.74) is 5.26. The van der Waals surface area contributed by atoms with E-state index in [1.807, 2.05) is 53.4 Å². The highest BCUT2D eigenvalue weighted by Gasteiger charge is 2.42. The molecule has 2 aliphatic heterocycles.